The Morgan fingerprint density at radius 2 is 1.79 bits per heavy atom. The molecule has 0 aliphatic heterocycles. The Labute approximate surface area is 109 Å². The second-order valence-electron chi connectivity index (χ2n) is 4.58. The first-order valence-electron chi connectivity index (χ1n) is 6.05. The molecule has 0 unspecified atom stereocenters. The van der Waals surface area contributed by atoms with E-state index in [9.17, 15) is 9.59 Å². The summed E-state index contributed by atoms with van der Waals surface area (Å²) in [6.45, 7) is 3.03. The molecule has 2 aromatic carbocycles. The van der Waals surface area contributed by atoms with Crippen molar-refractivity contribution < 1.29 is 9.21 Å². The molecule has 0 aliphatic rings. The quantitative estimate of drug-likeness (QED) is 0.492. The molecule has 3 aromatic rings. The van der Waals surface area contributed by atoms with E-state index in [2.05, 4.69) is 0 Å². The lowest BCUT2D eigenvalue weighted by Crippen LogP contribution is -2.15. The highest BCUT2D eigenvalue weighted by Crippen LogP contribution is 2.25. The van der Waals surface area contributed by atoms with Crippen LogP contribution in [0.5, 0.6) is 0 Å². The molecule has 3 heteroatoms. The van der Waals surface area contributed by atoms with Gasteiger partial charge in [-0.3, -0.25) is 9.59 Å². The summed E-state index contributed by atoms with van der Waals surface area (Å²) in [4.78, 5) is 23.9. The van der Waals surface area contributed by atoms with E-state index >= 15 is 0 Å². The normalized spacial score (nSPS) is 11.1. The lowest BCUT2D eigenvalue weighted by Gasteiger charge is -2.06. The fourth-order valence-corrected chi connectivity index (χ4v) is 2.44. The van der Waals surface area contributed by atoms with Crippen LogP contribution in [0.2, 0.25) is 0 Å². The third-order valence-electron chi connectivity index (χ3n) is 3.31. The van der Waals surface area contributed by atoms with Crippen molar-refractivity contribution in [3.05, 3.63) is 57.9 Å². The SMILES string of the molecule is CC(=O)c1c(C)oc2c(ccc3ccccc32)c1=O. The summed E-state index contributed by atoms with van der Waals surface area (Å²) < 4.78 is 5.73. The van der Waals surface area contributed by atoms with E-state index in [1.54, 1.807) is 13.0 Å². The number of aryl methyl sites for hydroxylation is 1. The van der Waals surface area contributed by atoms with Gasteiger partial charge in [0.2, 0.25) is 5.43 Å². The minimum absolute atomic E-state index is 0.141. The zero-order valence-electron chi connectivity index (χ0n) is 10.7. The number of hydrogen-bond donors (Lipinski definition) is 0. The molecule has 1 heterocycles. The van der Waals surface area contributed by atoms with E-state index in [0.717, 1.165) is 10.8 Å². The predicted molar refractivity (Wildman–Crippen MR) is 74.7 cm³/mol. The fraction of sp³-hybridized carbons (Fsp3) is 0.125. The van der Waals surface area contributed by atoms with Gasteiger partial charge in [-0.15, -0.1) is 0 Å². The van der Waals surface area contributed by atoms with Crippen molar-refractivity contribution >= 4 is 27.5 Å². The van der Waals surface area contributed by atoms with Crippen molar-refractivity contribution in [3.63, 3.8) is 0 Å². The minimum Gasteiger partial charge on any atom is -0.460 e. The summed E-state index contributed by atoms with van der Waals surface area (Å²) in [5, 5.41) is 2.35. The smallest absolute Gasteiger partial charge is 0.203 e. The van der Waals surface area contributed by atoms with Gasteiger partial charge in [0.05, 0.1) is 5.39 Å². The number of fused-ring (bicyclic) bond motifs is 3. The van der Waals surface area contributed by atoms with Crippen LogP contribution in [0.15, 0.2) is 45.6 Å². The highest BCUT2D eigenvalue weighted by atomic mass is 16.3. The predicted octanol–water partition coefficient (Wildman–Crippen LogP) is 3.46. The molecule has 0 amide bonds. The highest BCUT2D eigenvalue weighted by molar-refractivity contribution is 6.06. The van der Waals surface area contributed by atoms with Crippen LogP contribution in [0.25, 0.3) is 21.7 Å². The average Bonchev–Trinajstić information content (AvgIpc) is 2.38. The molecule has 94 valence electrons. The van der Waals surface area contributed by atoms with Crippen molar-refractivity contribution in [1.82, 2.24) is 0 Å². The van der Waals surface area contributed by atoms with Gasteiger partial charge in [-0.2, -0.15) is 0 Å². The van der Waals surface area contributed by atoms with Gasteiger partial charge in [0.25, 0.3) is 0 Å². The summed E-state index contributed by atoms with van der Waals surface area (Å²) >= 11 is 0. The summed E-state index contributed by atoms with van der Waals surface area (Å²) in [7, 11) is 0. The fourth-order valence-electron chi connectivity index (χ4n) is 2.44. The zero-order chi connectivity index (χ0) is 13.6. The van der Waals surface area contributed by atoms with Crippen LogP contribution in [-0.4, -0.2) is 5.78 Å². The topological polar surface area (TPSA) is 47.3 Å². The van der Waals surface area contributed by atoms with Crippen LogP contribution in [0.3, 0.4) is 0 Å². The second-order valence-corrected chi connectivity index (χ2v) is 4.58. The van der Waals surface area contributed by atoms with Gasteiger partial charge in [0, 0.05) is 5.39 Å². The van der Waals surface area contributed by atoms with E-state index in [1.807, 2.05) is 30.3 Å². The standard InChI is InChI=1S/C16H12O3/c1-9(17)14-10(2)19-16-12-6-4-3-5-11(12)7-8-13(16)15(14)18/h3-8H,1-2H3. The number of carbonyl (C=O) groups is 1. The Balaban J connectivity index is 2.58. The van der Waals surface area contributed by atoms with E-state index in [1.165, 1.54) is 6.92 Å². The van der Waals surface area contributed by atoms with Crippen LogP contribution in [-0.2, 0) is 0 Å². The summed E-state index contributed by atoms with van der Waals surface area (Å²) in [6.07, 6.45) is 0. The Bertz CT molecular complexity index is 872. The van der Waals surface area contributed by atoms with Crippen molar-refractivity contribution in [2.75, 3.05) is 0 Å². The van der Waals surface area contributed by atoms with Gasteiger partial charge in [-0.1, -0.05) is 30.3 Å². The number of hydrogen-bond acceptors (Lipinski definition) is 3. The third-order valence-corrected chi connectivity index (χ3v) is 3.31. The molecule has 0 saturated heterocycles. The van der Waals surface area contributed by atoms with Crippen LogP contribution in [0, 0.1) is 6.92 Å². The first-order chi connectivity index (χ1) is 9.09. The number of benzene rings is 2. The van der Waals surface area contributed by atoms with E-state index in [4.69, 9.17) is 4.42 Å². The van der Waals surface area contributed by atoms with Crippen LogP contribution < -0.4 is 5.43 Å². The molecule has 1 aromatic heterocycles. The third kappa shape index (κ3) is 1.66. The number of Topliss-reactive ketones (excluding diaryl/α,β-unsaturated/α-hetero) is 1. The van der Waals surface area contributed by atoms with Crippen molar-refractivity contribution in [2.24, 2.45) is 0 Å². The monoisotopic (exact) mass is 252 g/mol. The Hall–Kier alpha value is -2.42. The van der Waals surface area contributed by atoms with E-state index < -0.39 is 0 Å². The average molecular weight is 252 g/mol. The van der Waals surface area contributed by atoms with Gasteiger partial charge >= 0.3 is 0 Å². The maximum Gasteiger partial charge on any atom is 0.203 e. The zero-order valence-corrected chi connectivity index (χ0v) is 10.7. The Kier molecular flexibility index (Phi) is 2.49. The van der Waals surface area contributed by atoms with Gasteiger partial charge < -0.3 is 4.42 Å². The van der Waals surface area contributed by atoms with Gasteiger partial charge in [0.1, 0.15) is 16.9 Å². The van der Waals surface area contributed by atoms with Crippen LogP contribution in [0.1, 0.15) is 23.0 Å². The molecule has 0 fully saturated rings. The molecule has 19 heavy (non-hydrogen) atoms. The number of rotatable bonds is 1. The van der Waals surface area contributed by atoms with Gasteiger partial charge in [-0.25, -0.2) is 0 Å². The van der Waals surface area contributed by atoms with Crippen LogP contribution in [0.4, 0.5) is 0 Å². The van der Waals surface area contributed by atoms with E-state index in [0.29, 0.717) is 16.7 Å². The molecule has 0 N–H and O–H groups in total. The van der Waals surface area contributed by atoms with E-state index in [-0.39, 0.29) is 16.8 Å². The highest BCUT2D eigenvalue weighted by Gasteiger charge is 2.16. The molecule has 0 atom stereocenters. The van der Waals surface area contributed by atoms with Crippen LogP contribution >= 0.6 is 0 Å². The molecule has 0 saturated carbocycles. The molecule has 0 radical (unpaired) electrons. The summed E-state index contributed by atoms with van der Waals surface area (Å²) in [5.74, 6) is 0.114. The maximum absolute atomic E-state index is 12.4. The molecule has 0 bridgehead atoms. The molecular formula is C16H12O3. The second kappa shape index (κ2) is 4.05. The Morgan fingerprint density at radius 1 is 1.05 bits per heavy atom. The largest absolute Gasteiger partial charge is 0.460 e. The number of carbonyl (C=O) groups excluding carboxylic acids is 1. The first-order valence-corrected chi connectivity index (χ1v) is 6.05. The minimum atomic E-state index is -0.263. The molecular weight excluding hydrogens is 240 g/mol. The van der Waals surface area contributed by atoms with Gasteiger partial charge in [0.15, 0.2) is 5.78 Å². The molecule has 3 rings (SSSR count). The van der Waals surface area contributed by atoms with Crippen molar-refractivity contribution in [1.29, 1.82) is 0 Å². The lowest BCUT2D eigenvalue weighted by atomic mass is 10.0. The maximum atomic E-state index is 12.4. The molecule has 0 aliphatic carbocycles. The summed E-state index contributed by atoms with van der Waals surface area (Å²) in [5.41, 5.74) is 0.436. The van der Waals surface area contributed by atoms with Crippen molar-refractivity contribution in [2.45, 2.75) is 13.8 Å². The molecule has 0 spiro atoms. The summed E-state index contributed by atoms with van der Waals surface area (Å²) in [6, 6.07) is 11.3. The lowest BCUT2D eigenvalue weighted by molar-refractivity contribution is 0.101. The Morgan fingerprint density at radius 3 is 2.53 bits per heavy atom. The van der Waals surface area contributed by atoms with Gasteiger partial charge in [-0.05, 0) is 25.3 Å². The van der Waals surface area contributed by atoms with Crippen molar-refractivity contribution in [3.8, 4) is 0 Å². The first kappa shape index (κ1) is 11.7. The molecule has 3 nitrogen and oxygen atoms in total. The number of ketones is 1.